The number of amides is 1. The number of halogens is 1. The van der Waals surface area contributed by atoms with E-state index in [1.807, 2.05) is 6.07 Å². The zero-order chi connectivity index (χ0) is 13.8. The molecule has 1 amide bonds. The lowest BCUT2D eigenvalue weighted by Crippen LogP contribution is -2.13. The number of anilines is 1. The molecule has 0 spiro atoms. The van der Waals surface area contributed by atoms with E-state index in [0.29, 0.717) is 5.69 Å². The van der Waals surface area contributed by atoms with Gasteiger partial charge in [-0.3, -0.25) is 9.59 Å². The molecule has 98 valence electrons. The maximum atomic E-state index is 11.9. The number of hydrogen-bond donors (Lipinski definition) is 2. The van der Waals surface area contributed by atoms with Crippen molar-refractivity contribution < 1.29 is 14.7 Å². The molecule has 0 atom stereocenters. The molecule has 0 aliphatic rings. The number of aliphatic carboxylic acids is 1. The number of carbonyl (C=O) groups is 2. The monoisotopic (exact) mass is 324 g/mol. The second-order valence-corrected chi connectivity index (χ2v) is 4.48. The fourth-order valence-electron chi connectivity index (χ4n) is 1.37. The van der Waals surface area contributed by atoms with Crippen LogP contribution < -0.4 is 5.32 Å². The fourth-order valence-corrected chi connectivity index (χ4v) is 1.75. The number of carboxylic acid groups (broad SMARTS) is 1. The Hall–Kier alpha value is -2.22. The van der Waals surface area contributed by atoms with Gasteiger partial charge in [-0.2, -0.15) is 0 Å². The molecule has 0 saturated carbocycles. The van der Waals surface area contributed by atoms with Crippen molar-refractivity contribution in [2.75, 3.05) is 5.32 Å². The topological polar surface area (TPSA) is 97.1 Å². The third kappa shape index (κ3) is 3.38. The highest BCUT2D eigenvalue weighted by molar-refractivity contribution is 9.10. The second kappa shape index (κ2) is 5.61. The van der Waals surface area contributed by atoms with Crippen LogP contribution in [0, 0.1) is 0 Å². The molecular formula is C11H9BrN4O3. The molecule has 1 aromatic heterocycles. The Morgan fingerprint density at radius 3 is 2.79 bits per heavy atom. The summed E-state index contributed by atoms with van der Waals surface area (Å²) in [4.78, 5) is 22.4. The van der Waals surface area contributed by atoms with Crippen LogP contribution >= 0.6 is 15.9 Å². The first-order valence-electron chi connectivity index (χ1n) is 5.24. The minimum absolute atomic E-state index is 0.0528. The summed E-state index contributed by atoms with van der Waals surface area (Å²) in [6.07, 6.45) is 1.28. The molecule has 0 unspecified atom stereocenters. The summed E-state index contributed by atoms with van der Waals surface area (Å²) in [5.41, 5.74) is 0.650. The van der Waals surface area contributed by atoms with E-state index in [9.17, 15) is 9.59 Å². The Balaban J connectivity index is 2.10. The molecule has 0 radical (unpaired) electrons. The Morgan fingerprint density at radius 2 is 2.11 bits per heavy atom. The molecule has 8 heteroatoms. The number of para-hydroxylation sites is 1. The number of rotatable bonds is 4. The van der Waals surface area contributed by atoms with Crippen molar-refractivity contribution in [1.29, 1.82) is 0 Å². The first-order chi connectivity index (χ1) is 9.06. The summed E-state index contributed by atoms with van der Waals surface area (Å²) in [6, 6.07) is 7.12. The Labute approximate surface area is 116 Å². The van der Waals surface area contributed by atoms with E-state index >= 15 is 0 Å². The zero-order valence-corrected chi connectivity index (χ0v) is 11.2. The SMILES string of the molecule is O=C(O)Cn1cc(C(=O)Nc2ccccc2Br)nn1. The molecule has 19 heavy (non-hydrogen) atoms. The van der Waals surface area contributed by atoms with E-state index in [0.717, 1.165) is 9.15 Å². The number of carbonyl (C=O) groups excluding carboxylic acids is 1. The maximum absolute atomic E-state index is 11.9. The molecule has 1 aromatic carbocycles. The molecule has 0 aliphatic carbocycles. The average Bonchev–Trinajstić information content (AvgIpc) is 2.79. The van der Waals surface area contributed by atoms with Gasteiger partial charge in [-0.05, 0) is 28.1 Å². The summed E-state index contributed by atoms with van der Waals surface area (Å²) in [6.45, 7) is -0.338. The number of nitrogens with zero attached hydrogens (tertiary/aromatic N) is 3. The number of carboxylic acids is 1. The third-order valence-electron chi connectivity index (χ3n) is 2.19. The Bertz CT molecular complexity index is 626. The fraction of sp³-hybridized carbons (Fsp3) is 0.0909. The standard InChI is InChI=1S/C11H9BrN4O3/c12-7-3-1-2-4-8(7)13-11(19)9-5-16(15-14-9)6-10(17)18/h1-5H,6H2,(H,13,19)(H,17,18). The molecule has 2 N–H and O–H groups in total. The highest BCUT2D eigenvalue weighted by Crippen LogP contribution is 2.21. The molecular weight excluding hydrogens is 316 g/mol. The van der Waals surface area contributed by atoms with Crippen molar-refractivity contribution >= 4 is 33.5 Å². The van der Waals surface area contributed by atoms with E-state index < -0.39 is 11.9 Å². The molecule has 1 heterocycles. The third-order valence-corrected chi connectivity index (χ3v) is 2.88. The summed E-state index contributed by atoms with van der Waals surface area (Å²) < 4.78 is 1.82. The Kier molecular flexibility index (Phi) is 3.91. The first kappa shape index (κ1) is 13.2. The molecule has 7 nitrogen and oxygen atoms in total. The van der Waals surface area contributed by atoms with E-state index in [1.54, 1.807) is 18.2 Å². The van der Waals surface area contributed by atoms with Crippen LogP contribution in [0.4, 0.5) is 5.69 Å². The molecule has 0 bridgehead atoms. The van der Waals surface area contributed by atoms with Gasteiger partial charge in [-0.25, -0.2) is 4.68 Å². The highest BCUT2D eigenvalue weighted by atomic mass is 79.9. The zero-order valence-electron chi connectivity index (χ0n) is 9.58. The number of aromatic nitrogens is 3. The number of hydrogen-bond acceptors (Lipinski definition) is 4. The maximum Gasteiger partial charge on any atom is 0.325 e. The molecule has 2 aromatic rings. The Morgan fingerprint density at radius 1 is 1.37 bits per heavy atom. The van der Waals surface area contributed by atoms with Gasteiger partial charge >= 0.3 is 5.97 Å². The molecule has 0 fully saturated rings. The van der Waals surface area contributed by atoms with Gasteiger partial charge in [0.05, 0.1) is 11.9 Å². The minimum Gasteiger partial charge on any atom is -0.480 e. The number of benzene rings is 1. The van der Waals surface area contributed by atoms with Crippen LogP contribution in [0.2, 0.25) is 0 Å². The lowest BCUT2D eigenvalue weighted by molar-refractivity contribution is -0.137. The summed E-state index contributed by atoms with van der Waals surface area (Å²) in [5.74, 6) is -1.51. The number of nitrogens with one attached hydrogen (secondary N) is 1. The van der Waals surface area contributed by atoms with E-state index in [4.69, 9.17) is 5.11 Å². The van der Waals surface area contributed by atoms with Gasteiger partial charge < -0.3 is 10.4 Å². The van der Waals surface area contributed by atoms with Crippen LogP contribution in [-0.4, -0.2) is 32.0 Å². The van der Waals surface area contributed by atoms with Gasteiger partial charge in [0.1, 0.15) is 6.54 Å². The summed E-state index contributed by atoms with van der Waals surface area (Å²) in [7, 11) is 0. The lowest BCUT2D eigenvalue weighted by Gasteiger charge is -2.04. The van der Waals surface area contributed by atoms with Gasteiger partial charge in [0.15, 0.2) is 5.69 Å². The van der Waals surface area contributed by atoms with Gasteiger partial charge in [-0.15, -0.1) is 5.10 Å². The molecule has 0 saturated heterocycles. The largest absolute Gasteiger partial charge is 0.480 e. The van der Waals surface area contributed by atoms with Crippen molar-refractivity contribution in [1.82, 2.24) is 15.0 Å². The van der Waals surface area contributed by atoms with Crippen molar-refractivity contribution in [2.45, 2.75) is 6.54 Å². The van der Waals surface area contributed by atoms with Crippen LogP contribution in [0.15, 0.2) is 34.9 Å². The van der Waals surface area contributed by atoms with Crippen LogP contribution in [0.5, 0.6) is 0 Å². The summed E-state index contributed by atoms with van der Waals surface area (Å²) >= 11 is 3.30. The van der Waals surface area contributed by atoms with E-state index in [1.165, 1.54) is 6.20 Å². The highest BCUT2D eigenvalue weighted by Gasteiger charge is 2.13. The van der Waals surface area contributed by atoms with Gasteiger partial charge in [0, 0.05) is 4.47 Å². The van der Waals surface area contributed by atoms with Crippen LogP contribution in [0.1, 0.15) is 10.5 Å². The van der Waals surface area contributed by atoms with Crippen LogP contribution in [0.3, 0.4) is 0 Å². The first-order valence-corrected chi connectivity index (χ1v) is 6.03. The normalized spacial score (nSPS) is 10.2. The average molecular weight is 325 g/mol. The lowest BCUT2D eigenvalue weighted by atomic mass is 10.3. The molecule has 0 aliphatic heterocycles. The van der Waals surface area contributed by atoms with Crippen molar-refractivity contribution in [3.05, 3.63) is 40.6 Å². The minimum atomic E-state index is -1.05. The predicted molar refractivity (Wildman–Crippen MR) is 69.8 cm³/mol. The quantitative estimate of drug-likeness (QED) is 0.885. The molecule has 2 rings (SSSR count). The predicted octanol–water partition coefficient (Wildman–Crippen LogP) is 1.38. The van der Waals surface area contributed by atoms with Crippen molar-refractivity contribution in [3.63, 3.8) is 0 Å². The smallest absolute Gasteiger partial charge is 0.325 e. The van der Waals surface area contributed by atoms with Crippen LogP contribution in [-0.2, 0) is 11.3 Å². The van der Waals surface area contributed by atoms with E-state index in [2.05, 4.69) is 31.6 Å². The van der Waals surface area contributed by atoms with Gasteiger partial charge in [0.2, 0.25) is 0 Å². The van der Waals surface area contributed by atoms with Gasteiger partial charge in [0.25, 0.3) is 5.91 Å². The van der Waals surface area contributed by atoms with Crippen molar-refractivity contribution in [3.8, 4) is 0 Å². The van der Waals surface area contributed by atoms with E-state index in [-0.39, 0.29) is 12.2 Å². The van der Waals surface area contributed by atoms with Gasteiger partial charge in [-0.1, -0.05) is 17.3 Å². The van der Waals surface area contributed by atoms with Crippen LogP contribution in [0.25, 0.3) is 0 Å². The summed E-state index contributed by atoms with van der Waals surface area (Å²) in [5, 5.41) is 18.4. The van der Waals surface area contributed by atoms with Crippen molar-refractivity contribution in [2.24, 2.45) is 0 Å². The second-order valence-electron chi connectivity index (χ2n) is 3.63.